The van der Waals surface area contributed by atoms with E-state index in [-0.39, 0.29) is 0 Å². The van der Waals surface area contributed by atoms with Crippen LogP contribution >= 0.6 is 0 Å². The molecule has 0 unspecified atom stereocenters. The SMILES string of the molecule is CC(CO)(C(F)F)C(F)F. The highest BCUT2D eigenvalue weighted by atomic mass is 19.3. The molecular weight excluding hydrogens is 152 g/mol. The zero-order valence-corrected chi connectivity index (χ0v) is 5.32. The second-order valence-corrected chi connectivity index (χ2v) is 2.27. The van der Waals surface area contributed by atoms with Crippen LogP contribution < -0.4 is 0 Å². The molecule has 0 heterocycles. The van der Waals surface area contributed by atoms with Gasteiger partial charge in [-0.25, -0.2) is 17.6 Å². The van der Waals surface area contributed by atoms with Gasteiger partial charge >= 0.3 is 0 Å². The highest BCUT2D eigenvalue weighted by Gasteiger charge is 2.43. The number of aliphatic hydroxyl groups excluding tert-OH is 1. The number of hydrogen-bond acceptors (Lipinski definition) is 1. The fraction of sp³-hybridized carbons (Fsp3) is 1.00. The van der Waals surface area contributed by atoms with Crippen molar-refractivity contribution in [1.82, 2.24) is 0 Å². The molecule has 0 aliphatic carbocycles. The van der Waals surface area contributed by atoms with Gasteiger partial charge in [-0.3, -0.25) is 0 Å². The molecule has 0 radical (unpaired) electrons. The minimum Gasteiger partial charge on any atom is -0.395 e. The van der Waals surface area contributed by atoms with Crippen molar-refractivity contribution >= 4 is 0 Å². The summed E-state index contributed by atoms with van der Waals surface area (Å²) in [4.78, 5) is 0. The number of aliphatic hydroxyl groups is 1. The second-order valence-electron chi connectivity index (χ2n) is 2.27. The van der Waals surface area contributed by atoms with Gasteiger partial charge in [-0.05, 0) is 6.92 Å². The molecule has 0 spiro atoms. The molecule has 0 saturated carbocycles. The van der Waals surface area contributed by atoms with Crippen LogP contribution in [0.15, 0.2) is 0 Å². The van der Waals surface area contributed by atoms with E-state index in [9.17, 15) is 17.6 Å². The molecule has 0 bridgehead atoms. The average Bonchev–Trinajstić information content (AvgIpc) is 1.85. The molecule has 0 atom stereocenters. The lowest BCUT2D eigenvalue weighted by Gasteiger charge is -2.24. The Balaban J connectivity index is 4.23. The summed E-state index contributed by atoms with van der Waals surface area (Å²) >= 11 is 0. The fourth-order valence-corrected chi connectivity index (χ4v) is 0.233. The molecule has 10 heavy (non-hydrogen) atoms. The Hall–Kier alpha value is -0.320. The van der Waals surface area contributed by atoms with Crippen molar-refractivity contribution in [2.75, 3.05) is 6.61 Å². The molecule has 5 heteroatoms. The van der Waals surface area contributed by atoms with Gasteiger partial charge in [0.1, 0.15) is 5.41 Å². The molecule has 0 fully saturated rings. The Bertz CT molecular complexity index is 95.8. The van der Waals surface area contributed by atoms with Crippen LogP contribution in [-0.2, 0) is 0 Å². The monoisotopic (exact) mass is 160 g/mol. The van der Waals surface area contributed by atoms with Gasteiger partial charge in [0.05, 0.1) is 6.61 Å². The van der Waals surface area contributed by atoms with Gasteiger partial charge in [-0.2, -0.15) is 0 Å². The lowest BCUT2D eigenvalue weighted by molar-refractivity contribution is -0.122. The maximum absolute atomic E-state index is 11.7. The van der Waals surface area contributed by atoms with Crippen molar-refractivity contribution in [2.24, 2.45) is 5.41 Å². The van der Waals surface area contributed by atoms with E-state index in [2.05, 4.69) is 0 Å². The minimum absolute atomic E-state index is 0.641. The summed E-state index contributed by atoms with van der Waals surface area (Å²) in [6.07, 6.45) is -6.39. The van der Waals surface area contributed by atoms with Gasteiger partial charge < -0.3 is 5.11 Å². The van der Waals surface area contributed by atoms with Crippen molar-refractivity contribution in [3.05, 3.63) is 0 Å². The summed E-state index contributed by atoms with van der Waals surface area (Å²) in [5.74, 6) is 0. The van der Waals surface area contributed by atoms with Crippen LogP contribution in [-0.4, -0.2) is 24.6 Å². The molecule has 0 aliphatic rings. The first kappa shape index (κ1) is 9.68. The minimum atomic E-state index is -3.20. The molecule has 1 nitrogen and oxygen atoms in total. The van der Waals surface area contributed by atoms with Crippen LogP contribution in [0.25, 0.3) is 0 Å². The molecule has 0 aromatic carbocycles. The predicted molar refractivity (Wildman–Crippen MR) is 27.2 cm³/mol. The zero-order chi connectivity index (χ0) is 8.36. The highest BCUT2D eigenvalue weighted by Crippen LogP contribution is 2.31. The third kappa shape index (κ3) is 1.59. The summed E-state index contributed by atoms with van der Waals surface area (Å²) in [7, 11) is 0. The van der Waals surface area contributed by atoms with Crippen LogP contribution in [0, 0.1) is 5.41 Å². The van der Waals surface area contributed by atoms with E-state index in [1.54, 1.807) is 0 Å². The molecular formula is C5H8F4O. The third-order valence-corrected chi connectivity index (χ3v) is 1.34. The Kier molecular flexibility index (Phi) is 3.08. The fourth-order valence-electron chi connectivity index (χ4n) is 0.233. The molecule has 0 saturated heterocycles. The van der Waals surface area contributed by atoms with Crippen molar-refractivity contribution in [3.8, 4) is 0 Å². The predicted octanol–water partition coefficient (Wildman–Crippen LogP) is 1.52. The van der Waals surface area contributed by atoms with Gasteiger partial charge in [-0.1, -0.05) is 0 Å². The van der Waals surface area contributed by atoms with E-state index < -0.39 is 24.9 Å². The van der Waals surface area contributed by atoms with E-state index in [1.807, 2.05) is 0 Å². The lowest BCUT2D eigenvalue weighted by Crippen LogP contribution is -2.37. The van der Waals surface area contributed by atoms with E-state index in [0.717, 1.165) is 0 Å². The lowest BCUT2D eigenvalue weighted by atomic mass is 9.93. The molecule has 0 rings (SSSR count). The number of rotatable bonds is 3. The standard InChI is InChI=1S/C5H8F4O/c1-5(2-10,3(6)7)4(8)9/h3-4,10H,2H2,1H3. The summed E-state index contributed by atoms with van der Waals surface area (Å²) in [6.45, 7) is -0.565. The molecule has 1 N–H and O–H groups in total. The van der Waals surface area contributed by atoms with Crippen molar-refractivity contribution < 1.29 is 22.7 Å². The van der Waals surface area contributed by atoms with Crippen molar-refractivity contribution in [2.45, 2.75) is 19.8 Å². The topological polar surface area (TPSA) is 20.2 Å². The van der Waals surface area contributed by atoms with Gasteiger partial charge in [0, 0.05) is 0 Å². The maximum atomic E-state index is 11.7. The van der Waals surface area contributed by atoms with Crippen molar-refractivity contribution in [1.29, 1.82) is 0 Å². The molecule has 0 aliphatic heterocycles. The third-order valence-electron chi connectivity index (χ3n) is 1.34. The highest BCUT2D eigenvalue weighted by molar-refractivity contribution is 4.78. The largest absolute Gasteiger partial charge is 0.395 e. The Morgan fingerprint density at radius 1 is 1.20 bits per heavy atom. The van der Waals surface area contributed by atoms with E-state index in [1.165, 1.54) is 0 Å². The van der Waals surface area contributed by atoms with Gasteiger partial charge in [-0.15, -0.1) is 0 Å². The van der Waals surface area contributed by atoms with E-state index in [4.69, 9.17) is 5.11 Å². The second kappa shape index (κ2) is 3.18. The quantitative estimate of drug-likeness (QED) is 0.620. The Morgan fingerprint density at radius 3 is 1.50 bits per heavy atom. The summed E-state index contributed by atoms with van der Waals surface area (Å²) < 4.78 is 46.8. The van der Waals surface area contributed by atoms with Crippen LogP contribution in [0.3, 0.4) is 0 Å². The smallest absolute Gasteiger partial charge is 0.251 e. The molecule has 62 valence electrons. The summed E-state index contributed by atoms with van der Waals surface area (Å²) in [5.41, 5.74) is -2.57. The van der Waals surface area contributed by atoms with Crippen LogP contribution in [0.5, 0.6) is 0 Å². The maximum Gasteiger partial charge on any atom is 0.251 e. The first-order chi connectivity index (χ1) is 4.45. The Labute approximate surface area is 55.7 Å². The van der Waals surface area contributed by atoms with Gasteiger partial charge in [0.15, 0.2) is 0 Å². The summed E-state index contributed by atoms with van der Waals surface area (Å²) in [6, 6.07) is 0. The molecule has 0 aromatic rings. The summed E-state index contributed by atoms with van der Waals surface area (Å²) in [5, 5.41) is 8.17. The first-order valence-electron chi connectivity index (χ1n) is 2.62. The Morgan fingerprint density at radius 2 is 1.50 bits per heavy atom. The zero-order valence-electron chi connectivity index (χ0n) is 5.32. The van der Waals surface area contributed by atoms with Crippen LogP contribution in [0.4, 0.5) is 17.6 Å². The number of alkyl halides is 4. The normalized spacial score (nSPS) is 13.2. The molecule has 0 amide bonds. The van der Waals surface area contributed by atoms with Crippen molar-refractivity contribution in [3.63, 3.8) is 0 Å². The van der Waals surface area contributed by atoms with Crippen LogP contribution in [0.2, 0.25) is 0 Å². The van der Waals surface area contributed by atoms with E-state index >= 15 is 0 Å². The van der Waals surface area contributed by atoms with Crippen LogP contribution in [0.1, 0.15) is 6.92 Å². The van der Waals surface area contributed by atoms with Gasteiger partial charge in [0.25, 0.3) is 12.9 Å². The number of hydrogen-bond donors (Lipinski definition) is 1. The first-order valence-corrected chi connectivity index (χ1v) is 2.62. The van der Waals surface area contributed by atoms with E-state index in [0.29, 0.717) is 6.92 Å². The average molecular weight is 160 g/mol. The molecule has 0 aromatic heterocycles. The number of halogens is 4. The van der Waals surface area contributed by atoms with Gasteiger partial charge in [0.2, 0.25) is 0 Å².